The van der Waals surface area contributed by atoms with Crippen molar-refractivity contribution in [3.8, 4) is 0 Å². The number of piperazine rings is 1. The molecular weight excluding hydrogens is 184 g/mol. The van der Waals surface area contributed by atoms with Crippen LogP contribution >= 0.6 is 0 Å². The fourth-order valence-corrected chi connectivity index (χ4v) is 2.53. The van der Waals surface area contributed by atoms with Gasteiger partial charge in [-0.15, -0.1) is 0 Å². The second-order valence-electron chi connectivity index (χ2n) is 5.58. The van der Waals surface area contributed by atoms with Crippen LogP contribution in [0.25, 0.3) is 0 Å². The van der Waals surface area contributed by atoms with Gasteiger partial charge in [0.1, 0.15) is 0 Å². The van der Waals surface area contributed by atoms with Gasteiger partial charge in [0, 0.05) is 24.7 Å². The third kappa shape index (κ3) is 3.18. The average Bonchev–Trinajstić information content (AvgIpc) is 2.18. The standard InChI is InChI=1S/C13H28N2/c1-6-8-15-10-13(5,7-2)14-9-12(15)11(3)4/h11-12,14H,6-10H2,1-5H3. The van der Waals surface area contributed by atoms with Crippen LogP contribution in [0.3, 0.4) is 0 Å². The summed E-state index contributed by atoms with van der Waals surface area (Å²) < 4.78 is 0. The molecule has 0 radical (unpaired) electrons. The number of hydrogen-bond acceptors (Lipinski definition) is 2. The van der Waals surface area contributed by atoms with Gasteiger partial charge in [0.05, 0.1) is 0 Å². The van der Waals surface area contributed by atoms with E-state index < -0.39 is 0 Å². The molecule has 0 aliphatic carbocycles. The third-order valence-corrected chi connectivity index (χ3v) is 3.82. The highest BCUT2D eigenvalue weighted by Gasteiger charge is 2.34. The van der Waals surface area contributed by atoms with Gasteiger partial charge in [-0.05, 0) is 32.2 Å². The van der Waals surface area contributed by atoms with Gasteiger partial charge in [0.2, 0.25) is 0 Å². The van der Waals surface area contributed by atoms with E-state index in [1.165, 1.54) is 25.9 Å². The quantitative estimate of drug-likeness (QED) is 0.770. The van der Waals surface area contributed by atoms with Gasteiger partial charge in [-0.2, -0.15) is 0 Å². The number of nitrogens with zero attached hydrogens (tertiary/aromatic N) is 1. The van der Waals surface area contributed by atoms with E-state index in [1.807, 2.05) is 0 Å². The fourth-order valence-electron chi connectivity index (χ4n) is 2.53. The summed E-state index contributed by atoms with van der Waals surface area (Å²) in [5.41, 5.74) is 0.334. The van der Waals surface area contributed by atoms with Crippen LogP contribution in [0.1, 0.15) is 47.5 Å². The molecule has 0 bridgehead atoms. The maximum Gasteiger partial charge on any atom is 0.0278 e. The molecule has 90 valence electrons. The van der Waals surface area contributed by atoms with Gasteiger partial charge in [-0.25, -0.2) is 0 Å². The smallest absolute Gasteiger partial charge is 0.0278 e. The molecule has 0 amide bonds. The highest BCUT2D eigenvalue weighted by Crippen LogP contribution is 2.22. The van der Waals surface area contributed by atoms with Crippen molar-refractivity contribution >= 4 is 0 Å². The van der Waals surface area contributed by atoms with Gasteiger partial charge in [0.25, 0.3) is 0 Å². The topological polar surface area (TPSA) is 15.3 Å². The summed E-state index contributed by atoms with van der Waals surface area (Å²) in [5.74, 6) is 0.755. The van der Waals surface area contributed by atoms with Crippen LogP contribution in [-0.4, -0.2) is 36.1 Å². The zero-order chi connectivity index (χ0) is 11.5. The third-order valence-electron chi connectivity index (χ3n) is 3.82. The monoisotopic (exact) mass is 212 g/mol. The van der Waals surface area contributed by atoms with Crippen molar-refractivity contribution in [3.05, 3.63) is 0 Å². The van der Waals surface area contributed by atoms with Gasteiger partial charge in [0.15, 0.2) is 0 Å². The van der Waals surface area contributed by atoms with E-state index in [-0.39, 0.29) is 0 Å². The lowest BCUT2D eigenvalue weighted by Gasteiger charge is -2.47. The van der Waals surface area contributed by atoms with Crippen molar-refractivity contribution < 1.29 is 0 Å². The molecule has 0 aromatic carbocycles. The maximum atomic E-state index is 3.72. The van der Waals surface area contributed by atoms with Gasteiger partial charge < -0.3 is 5.32 Å². The Kier molecular flexibility index (Phi) is 4.60. The first kappa shape index (κ1) is 13.0. The lowest BCUT2D eigenvalue weighted by Crippen LogP contribution is -2.63. The minimum atomic E-state index is 0.334. The summed E-state index contributed by atoms with van der Waals surface area (Å²) in [4.78, 5) is 2.69. The minimum absolute atomic E-state index is 0.334. The Balaban J connectivity index is 2.64. The van der Waals surface area contributed by atoms with E-state index in [2.05, 4.69) is 44.8 Å². The zero-order valence-corrected chi connectivity index (χ0v) is 11.1. The van der Waals surface area contributed by atoms with Crippen molar-refractivity contribution in [1.29, 1.82) is 0 Å². The highest BCUT2D eigenvalue weighted by molar-refractivity contribution is 4.95. The van der Waals surface area contributed by atoms with E-state index in [0.29, 0.717) is 5.54 Å². The first-order chi connectivity index (χ1) is 7.02. The number of hydrogen-bond donors (Lipinski definition) is 1. The van der Waals surface area contributed by atoms with Crippen LogP contribution in [0.4, 0.5) is 0 Å². The summed E-state index contributed by atoms with van der Waals surface area (Å²) in [5, 5.41) is 3.72. The molecule has 1 heterocycles. The first-order valence-corrected chi connectivity index (χ1v) is 6.51. The Hall–Kier alpha value is -0.0800. The van der Waals surface area contributed by atoms with Crippen molar-refractivity contribution in [2.45, 2.75) is 59.0 Å². The molecule has 2 nitrogen and oxygen atoms in total. The summed E-state index contributed by atoms with van der Waals surface area (Å²) in [7, 11) is 0. The summed E-state index contributed by atoms with van der Waals surface area (Å²) >= 11 is 0. The predicted octanol–water partition coefficient (Wildman–Crippen LogP) is 2.49. The molecule has 0 aromatic rings. The average molecular weight is 212 g/mol. The highest BCUT2D eigenvalue weighted by atomic mass is 15.3. The Morgan fingerprint density at radius 2 is 2.07 bits per heavy atom. The van der Waals surface area contributed by atoms with Crippen LogP contribution in [-0.2, 0) is 0 Å². The van der Waals surface area contributed by atoms with E-state index in [4.69, 9.17) is 0 Å². The number of nitrogens with one attached hydrogen (secondary N) is 1. The Labute approximate surface area is 95.4 Å². The molecule has 15 heavy (non-hydrogen) atoms. The molecular formula is C13H28N2. The zero-order valence-electron chi connectivity index (χ0n) is 11.1. The first-order valence-electron chi connectivity index (χ1n) is 6.51. The Bertz CT molecular complexity index is 191. The molecule has 0 aromatic heterocycles. The SMILES string of the molecule is CCCN1CC(C)(CC)NCC1C(C)C. The molecule has 1 aliphatic rings. The van der Waals surface area contributed by atoms with Crippen LogP contribution in [0.15, 0.2) is 0 Å². The van der Waals surface area contributed by atoms with Crippen molar-refractivity contribution in [2.75, 3.05) is 19.6 Å². The van der Waals surface area contributed by atoms with Gasteiger partial charge >= 0.3 is 0 Å². The molecule has 0 saturated carbocycles. The van der Waals surface area contributed by atoms with E-state index in [1.54, 1.807) is 0 Å². The second-order valence-corrected chi connectivity index (χ2v) is 5.58. The Morgan fingerprint density at radius 1 is 1.40 bits per heavy atom. The van der Waals surface area contributed by atoms with E-state index in [9.17, 15) is 0 Å². The Morgan fingerprint density at radius 3 is 2.53 bits per heavy atom. The largest absolute Gasteiger partial charge is 0.309 e. The van der Waals surface area contributed by atoms with Crippen LogP contribution in [0, 0.1) is 5.92 Å². The lowest BCUT2D eigenvalue weighted by molar-refractivity contribution is 0.0605. The second kappa shape index (κ2) is 5.31. The molecule has 1 saturated heterocycles. The molecule has 2 heteroatoms. The van der Waals surface area contributed by atoms with Crippen molar-refractivity contribution in [1.82, 2.24) is 10.2 Å². The van der Waals surface area contributed by atoms with Crippen LogP contribution in [0.5, 0.6) is 0 Å². The molecule has 2 atom stereocenters. The summed E-state index contributed by atoms with van der Waals surface area (Å²) in [6.45, 7) is 15.2. The van der Waals surface area contributed by atoms with Crippen LogP contribution in [0.2, 0.25) is 0 Å². The minimum Gasteiger partial charge on any atom is -0.309 e. The fraction of sp³-hybridized carbons (Fsp3) is 1.00. The summed E-state index contributed by atoms with van der Waals surface area (Å²) in [6, 6.07) is 0.726. The van der Waals surface area contributed by atoms with Crippen molar-refractivity contribution in [3.63, 3.8) is 0 Å². The molecule has 2 unspecified atom stereocenters. The van der Waals surface area contributed by atoms with Crippen LogP contribution < -0.4 is 5.32 Å². The maximum absolute atomic E-state index is 3.72. The summed E-state index contributed by atoms with van der Waals surface area (Å²) in [6.07, 6.45) is 2.49. The van der Waals surface area contributed by atoms with Gasteiger partial charge in [-0.3, -0.25) is 4.90 Å². The predicted molar refractivity (Wildman–Crippen MR) is 67.2 cm³/mol. The lowest BCUT2D eigenvalue weighted by atomic mass is 9.90. The van der Waals surface area contributed by atoms with E-state index in [0.717, 1.165) is 18.5 Å². The van der Waals surface area contributed by atoms with Gasteiger partial charge in [-0.1, -0.05) is 27.7 Å². The van der Waals surface area contributed by atoms with Crippen molar-refractivity contribution in [2.24, 2.45) is 5.92 Å². The van der Waals surface area contributed by atoms with E-state index >= 15 is 0 Å². The molecule has 0 spiro atoms. The molecule has 1 rings (SSSR count). The molecule has 1 fully saturated rings. The number of rotatable bonds is 4. The normalized spacial score (nSPS) is 33.6. The molecule has 1 aliphatic heterocycles. The molecule has 1 N–H and O–H groups in total.